The summed E-state index contributed by atoms with van der Waals surface area (Å²) in [6.45, 7) is 2.69. The van der Waals surface area contributed by atoms with Crippen LogP contribution in [0.1, 0.15) is 51.4 Å². The van der Waals surface area contributed by atoms with Gasteiger partial charge in [0.05, 0.1) is 0 Å². The van der Waals surface area contributed by atoms with Crippen LogP contribution in [0.5, 0.6) is 0 Å². The molecule has 3 rings (SSSR count). The molecule has 0 radical (unpaired) electrons. The second-order valence-electron chi connectivity index (χ2n) is 7.13. The zero-order chi connectivity index (χ0) is 14.9. The molecule has 0 amide bonds. The molecule has 1 spiro atoms. The van der Waals surface area contributed by atoms with Crippen LogP contribution in [-0.4, -0.2) is 49.1 Å². The van der Waals surface area contributed by atoms with E-state index in [0.29, 0.717) is 43.4 Å². The van der Waals surface area contributed by atoms with Crippen LogP contribution in [0.15, 0.2) is 0 Å². The molecule has 0 bridgehead atoms. The number of hydrogen-bond acceptors (Lipinski definition) is 2. The number of rotatable bonds is 3. The summed E-state index contributed by atoms with van der Waals surface area (Å²) in [5.41, 5.74) is 0.465. The third-order valence-electron chi connectivity index (χ3n) is 5.80. The maximum absolute atomic E-state index is 12.8. The van der Waals surface area contributed by atoms with Gasteiger partial charge in [-0.25, -0.2) is 0 Å². The predicted octanol–water partition coefficient (Wildman–Crippen LogP) is 2.84. The van der Waals surface area contributed by atoms with E-state index in [1.165, 1.54) is 25.7 Å². The van der Waals surface area contributed by atoms with E-state index in [9.17, 15) is 8.42 Å². The van der Waals surface area contributed by atoms with Crippen LogP contribution >= 0.6 is 11.6 Å². The number of halogens is 1. The minimum Gasteiger partial charge on any atom is -0.195 e. The van der Waals surface area contributed by atoms with Gasteiger partial charge in [-0.05, 0) is 49.9 Å². The summed E-state index contributed by atoms with van der Waals surface area (Å²) in [5.74, 6) is 0.885. The smallest absolute Gasteiger partial charge is 0.195 e. The molecule has 3 aliphatic rings. The lowest BCUT2D eigenvalue weighted by molar-refractivity contribution is 0.151. The Hall–Kier alpha value is 0.160. The van der Waals surface area contributed by atoms with Crippen LogP contribution in [0, 0.1) is 11.3 Å². The molecule has 0 aromatic rings. The van der Waals surface area contributed by atoms with Crippen molar-refractivity contribution in [3.05, 3.63) is 0 Å². The first-order chi connectivity index (χ1) is 10.1. The summed E-state index contributed by atoms with van der Waals surface area (Å²) in [7, 11) is -3.27. The van der Waals surface area contributed by atoms with E-state index < -0.39 is 10.2 Å². The lowest BCUT2D eigenvalue weighted by Gasteiger charge is -2.41. The molecular formula is C15H27ClN2O2S. The topological polar surface area (TPSA) is 40.6 Å². The monoisotopic (exact) mass is 334 g/mol. The van der Waals surface area contributed by atoms with Crippen molar-refractivity contribution in [2.45, 2.75) is 51.4 Å². The van der Waals surface area contributed by atoms with Gasteiger partial charge in [-0.15, -0.1) is 11.6 Å². The Labute approximate surface area is 134 Å². The van der Waals surface area contributed by atoms with Crippen LogP contribution in [-0.2, 0) is 10.2 Å². The number of piperidine rings is 2. The van der Waals surface area contributed by atoms with Gasteiger partial charge in [-0.3, -0.25) is 0 Å². The Morgan fingerprint density at radius 3 is 2.24 bits per heavy atom. The minimum absolute atomic E-state index is 0.321. The average molecular weight is 335 g/mol. The molecule has 1 unspecified atom stereocenters. The normalized spacial score (nSPS) is 31.8. The highest BCUT2D eigenvalue weighted by atomic mass is 35.5. The predicted molar refractivity (Wildman–Crippen MR) is 85.6 cm³/mol. The van der Waals surface area contributed by atoms with E-state index in [1.54, 1.807) is 8.61 Å². The van der Waals surface area contributed by atoms with E-state index in [0.717, 1.165) is 25.7 Å². The zero-order valence-corrected chi connectivity index (χ0v) is 14.3. The van der Waals surface area contributed by atoms with Crippen molar-refractivity contribution in [1.29, 1.82) is 0 Å². The summed E-state index contributed by atoms with van der Waals surface area (Å²) in [5, 5.41) is 0. The van der Waals surface area contributed by atoms with E-state index >= 15 is 0 Å². The maximum Gasteiger partial charge on any atom is 0.281 e. The van der Waals surface area contributed by atoms with Crippen LogP contribution in [0.3, 0.4) is 0 Å². The second-order valence-corrected chi connectivity index (χ2v) is 9.37. The van der Waals surface area contributed by atoms with Crippen LogP contribution in [0.4, 0.5) is 0 Å². The summed E-state index contributed by atoms with van der Waals surface area (Å²) in [4.78, 5) is 0. The molecule has 2 saturated heterocycles. The number of alkyl halides is 1. The van der Waals surface area contributed by atoms with Crippen molar-refractivity contribution in [1.82, 2.24) is 8.61 Å². The van der Waals surface area contributed by atoms with E-state index in [2.05, 4.69) is 0 Å². The average Bonchev–Trinajstić information content (AvgIpc) is 2.96. The molecule has 1 saturated carbocycles. The molecule has 122 valence electrons. The van der Waals surface area contributed by atoms with Crippen LogP contribution < -0.4 is 0 Å². The third-order valence-corrected chi connectivity index (χ3v) is 8.24. The Morgan fingerprint density at radius 2 is 1.62 bits per heavy atom. The van der Waals surface area contributed by atoms with Crippen molar-refractivity contribution < 1.29 is 8.42 Å². The van der Waals surface area contributed by atoms with Crippen molar-refractivity contribution in [3.63, 3.8) is 0 Å². The lowest BCUT2D eigenvalue weighted by Crippen LogP contribution is -2.51. The Morgan fingerprint density at radius 1 is 0.952 bits per heavy atom. The first kappa shape index (κ1) is 16.0. The molecule has 6 heteroatoms. The van der Waals surface area contributed by atoms with E-state index in [1.807, 2.05) is 0 Å². The van der Waals surface area contributed by atoms with Gasteiger partial charge in [-0.1, -0.05) is 12.8 Å². The van der Waals surface area contributed by atoms with Crippen molar-refractivity contribution in [2.75, 3.05) is 32.1 Å². The molecule has 0 aromatic heterocycles. The fourth-order valence-corrected chi connectivity index (χ4v) is 6.32. The van der Waals surface area contributed by atoms with Crippen molar-refractivity contribution in [3.8, 4) is 0 Å². The van der Waals surface area contributed by atoms with Gasteiger partial charge in [0.25, 0.3) is 10.2 Å². The SMILES string of the molecule is O=S(=O)(N1CCC2(CCCC2)CC1)N1CCCC(CCl)C1. The van der Waals surface area contributed by atoms with Gasteiger partial charge in [0.2, 0.25) is 0 Å². The highest BCUT2D eigenvalue weighted by molar-refractivity contribution is 7.86. The van der Waals surface area contributed by atoms with Gasteiger partial charge < -0.3 is 0 Å². The third kappa shape index (κ3) is 3.26. The Balaban J connectivity index is 1.63. The van der Waals surface area contributed by atoms with Crippen molar-refractivity contribution >= 4 is 21.8 Å². The molecule has 1 aliphatic carbocycles. The van der Waals surface area contributed by atoms with Gasteiger partial charge in [0.15, 0.2) is 0 Å². The lowest BCUT2D eigenvalue weighted by atomic mass is 9.78. The molecule has 4 nitrogen and oxygen atoms in total. The van der Waals surface area contributed by atoms with Crippen LogP contribution in [0.2, 0.25) is 0 Å². The molecule has 21 heavy (non-hydrogen) atoms. The standard InChI is InChI=1S/C15H27ClN2O2S/c16-12-14-4-3-9-18(13-14)21(19,20)17-10-7-15(8-11-17)5-1-2-6-15/h14H,1-13H2. The molecular weight excluding hydrogens is 308 g/mol. The quantitative estimate of drug-likeness (QED) is 0.745. The molecule has 0 aromatic carbocycles. The summed E-state index contributed by atoms with van der Waals surface area (Å²) in [6, 6.07) is 0. The molecule has 2 heterocycles. The van der Waals surface area contributed by atoms with Gasteiger partial charge >= 0.3 is 0 Å². The Kier molecular flexibility index (Phi) is 4.84. The number of hydrogen-bond donors (Lipinski definition) is 0. The van der Waals surface area contributed by atoms with E-state index in [-0.39, 0.29) is 0 Å². The Bertz CT molecular complexity index is 452. The fraction of sp³-hybridized carbons (Fsp3) is 1.00. The maximum atomic E-state index is 12.8. The molecule has 0 N–H and O–H groups in total. The van der Waals surface area contributed by atoms with Crippen LogP contribution in [0.25, 0.3) is 0 Å². The first-order valence-electron chi connectivity index (χ1n) is 8.37. The van der Waals surface area contributed by atoms with Gasteiger partial charge in [-0.2, -0.15) is 17.0 Å². The summed E-state index contributed by atoms with van der Waals surface area (Å²) >= 11 is 5.93. The van der Waals surface area contributed by atoms with Crippen molar-refractivity contribution in [2.24, 2.45) is 11.3 Å². The highest BCUT2D eigenvalue weighted by Gasteiger charge is 2.41. The molecule has 3 fully saturated rings. The first-order valence-corrected chi connectivity index (χ1v) is 10.3. The number of nitrogens with zero attached hydrogens (tertiary/aromatic N) is 2. The van der Waals surface area contributed by atoms with E-state index in [4.69, 9.17) is 11.6 Å². The fourth-order valence-electron chi connectivity index (χ4n) is 4.34. The minimum atomic E-state index is -3.27. The van der Waals surface area contributed by atoms with Gasteiger partial charge in [0, 0.05) is 32.1 Å². The second kappa shape index (κ2) is 6.34. The summed E-state index contributed by atoms with van der Waals surface area (Å²) in [6.07, 6.45) is 9.37. The summed E-state index contributed by atoms with van der Waals surface area (Å²) < 4.78 is 29.0. The van der Waals surface area contributed by atoms with Gasteiger partial charge in [0.1, 0.15) is 0 Å². The molecule has 1 atom stereocenters. The highest BCUT2D eigenvalue weighted by Crippen LogP contribution is 2.46. The zero-order valence-electron chi connectivity index (χ0n) is 12.8. The largest absolute Gasteiger partial charge is 0.281 e. The molecule has 2 aliphatic heterocycles.